The number of hydrogen-bond acceptors (Lipinski definition) is 4. The molecular weight excluding hydrogens is 244 g/mol. The lowest BCUT2D eigenvalue weighted by Gasteiger charge is -2.36. The maximum Gasteiger partial charge on any atom is 0.261 e. The minimum Gasteiger partial charge on any atom is -0.507 e. The van der Waals surface area contributed by atoms with Gasteiger partial charge in [0.05, 0.1) is 0 Å². The van der Waals surface area contributed by atoms with Crippen LogP contribution >= 0.6 is 0 Å². The lowest BCUT2D eigenvalue weighted by Crippen LogP contribution is -2.50. The number of benzene rings is 1. The van der Waals surface area contributed by atoms with Gasteiger partial charge in [-0.1, -0.05) is 18.9 Å². The third-order valence-corrected chi connectivity index (χ3v) is 3.83. The van der Waals surface area contributed by atoms with Gasteiger partial charge in [-0.05, 0) is 25.0 Å². The van der Waals surface area contributed by atoms with Gasteiger partial charge in [-0.3, -0.25) is 4.79 Å². The largest absolute Gasteiger partial charge is 0.507 e. The monoisotopic (exact) mass is 264 g/mol. The summed E-state index contributed by atoms with van der Waals surface area (Å²) in [7, 11) is 1.67. The Hall–Kier alpha value is -1.75. The molecule has 0 saturated heterocycles. The van der Waals surface area contributed by atoms with Crippen molar-refractivity contribution in [1.29, 1.82) is 0 Å². The normalized spacial score (nSPS) is 23.1. The molecule has 0 aromatic heterocycles. The molecule has 1 amide bonds. The molecule has 0 bridgehead atoms. The van der Waals surface area contributed by atoms with E-state index < -0.39 is 5.91 Å². The van der Waals surface area contributed by atoms with Crippen LogP contribution in [0.2, 0.25) is 0 Å². The Kier molecular flexibility index (Phi) is 3.95. The van der Waals surface area contributed by atoms with Crippen molar-refractivity contribution in [3.63, 3.8) is 0 Å². The minimum absolute atomic E-state index is 0.0414. The van der Waals surface area contributed by atoms with Crippen molar-refractivity contribution < 1.29 is 15.0 Å². The lowest BCUT2D eigenvalue weighted by atomic mass is 9.89. The lowest BCUT2D eigenvalue weighted by molar-refractivity contribution is 0.0666. The van der Waals surface area contributed by atoms with E-state index in [0.29, 0.717) is 0 Å². The van der Waals surface area contributed by atoms with Gasteiger partial charge in [0.2, 0.25) is 0 Å². The molecule has 19 heavy (non-hydrogen) atoms. The zero-order valence-corrected chi connectivity index (χ0v) is 11.0. The van der Waals surface area contributed by atoms with Gasteiger partial charge in [-0.2, -0.15) is 0 Å². The molecule has 0 heterocycles. The maximum atomic E-state index is 12.4. The molecule has 1 aromatic carbocycles. The number of nitrogens with two attached hydrogens (primary N) is 1. The third-order valence-electron chi connectivity index (χ3n) is 3.83. The molecule has 2 unspecified atom stereocenters. The SMILES string of the molecule is CN(C(=O)c1c(O)cccc1O)C1CCCCC1N. The van der Waals surface area contributed by atoms with Gasteiger partial charge < -0.3 is 20.8 Å². The first-order valence-electron chi connectivity index (χ1n) is 6.56. The first-order valence-corrected chi connectivity index (χ1v) is 6.56. The van der Waals surface area contributed by atoms with E-state index in [1.807, 2.05) is 0 Å². The third kappa shape index (κ3) is 2.66. The van der Waals surface area contributed by atoms with Gasteiger partial charge in [-0.15, -0.1) is 0 Å². The Balaban J connectivity index is 2.23. The smallest absolute Gasteiger partial charge is 0.261 e. The molecular formula is C14H20N2O3. The molecule has 1 saturated carbocycles. The van der Waals surface area contributed by atoms with E-state index >= 15 is 0 Å². The summed E-state index contributed by atoms with van der Waals surface area (Å²) in [6.45, 7) is 0. The summed E-state index contributed by atoms with van der Waals surface area (Å²) in [5.74, 6) is -0.805. The Bertz CT molecular complexity index is 456. The van der Waals surface area contributed by atoms with Crippen molar-refractivity contribution >= 4 is 5.91 Å². The van der Waals surface area contributed by atoms with Gasteiger partial charge in [0.1, 0.15) is 17.1 Å². The Morgan fingerprint density at radius 1 is 1.26 bits per heavy atom. The molecule has 1 aliphatic rings. The summed E-state index contributed by atoms with van der Waals surface area (Å²) in [5.41, 5.74) is 6.00. The van der Waals surface area contributed by atoms with Crippen LogP contribution < -0.4 is 5.73 Å². The highest BCUT2D eigenvalue weighted by Crippen LogP contribution is 2.29. The highest BCUT2D eigenvalue weighted by molar-refractivity contribution is 5.99. The summed E-state index contributed by atoms with van der Waals surface area (Å²) in [6.07, 6.45) is 3.89. The van der Waals surface area contributed by atoms with Crippen LogP contribution in [0, 0.1) is 0 Å². The van der Waals surface area contributed by atoms with E-state index in [9.17, 15) is 15.0 Å². The molecule has 0 radical (unpaired) electrons. The van der Waals surface area contributed by atoms with Crippen LogP contribution in [0.5, 0.6) is 11.5 Å². The number of hydrogen-bond donors (Lipinski definition) is 3. The molecule has 1 fully saturated rings. The fourth-order valence-electron chi connectivity index (χ4n) is 2.70. The molecule has 0 aliphatic heterocycles. The number of aromatic hydroxyl groups is 2. The number of phenolic OH excluding ortho intramolecular Hbond substituents is 2. The van der Waals surface area contributed by atoms with Crippen LogP contribution in [0.4, 0.5) is 0 Å². The van der Waals surface area contributed by atoms with Gasteiger partial charge in [0, 0.05) is 19.1 Å². The highest BCUT2D eigenvalue weighted by Gasteiger charge is 2.30. The van der Waals surface area contributed by atoms with E-state index in [1.54, 1.807) is 11.9 Å². The topological polar surface area (TPSA) is 86.8 Å². The molecule has 104 valence electrons. The van der Waals surface area contributed by atoms with Crippen molar-refractivity contribution in [3.05, 3.63) is 23.8 Å². The van der Waals surface area contributed by atoms with Crippen molar-refractivity contribution in [2.75, 3.05) is 7.05 Å². The highest BCUT2D eigenvalue weighted by atomic mass is 16.3. The maximum absolute atomic E-state index is 12.4. The zero-order valence-electron chi connectivity index (χ0n) is 11.0. The predicted molar refractivity (Wildman–Crippen MR) is 72.1 cm³/mol. The van der Waals surface area contributed by atoms with Gasteiger partial charge in [0.15, 0.2) is 0 Å². The van der Waals surface area contributed by atoms with Crippen LogP contribution in [-0.2, 0) is 0 Å². The Morgan fingerprint density at radius 2 is 1.84 bits per heavy atom. The second-order valence-corrected chi connectivity index (χ2v) is 5.10. The summed E-state index contributed by atoms with van der Waals surface area (Å²) in [4.78, 5) is 13.9. The standard InChI is InChI=1S/C14H20N2O3/c1-16(10-6-3-2-5-9(10)15)14(19)13-11(17)7-4-8-12(13)18/h4,7-10,17-18H,2-3,5-6,15H2,1H3. The molecule has 5 heteroatoms. The summed E-state index contributed by atoms with van der Waals surface area (Å²) < 4.78 is 0. The number of amides is 1. The summed E-state index contributed by atoms with van der Waals surface area (Å²) in [6, 6.07) is 4.19. The van der Waals surface area contributed by atoms with E-state index in [0.717, 1.165) is 25.7 Å². The number of nitrogens with zero attached hydrogens (tertiary/aromatic N) is 1. The van der Waals surface area contributed by atoms with E-state index in [4.69, 9.17) is 5.73 Å². The van der Waals surface area contributed by atoms with Crippen LogP contribution in [0.1, 0.15) is 36.0 Å². The van der Waals surface area contributed by atoms with Crippen molar-refractivity contribution in [2.24, 2.45) is 5.73 Å². The molecule has 0 spiro atoms. The van der Waals surface area contributed by atoms with Crippen LogP contribution in [0.15, 0.2) is 18.2 Å². The molecule has 2 rings (SSSR count). The molecule has 5 nitrogen and oxygen atoms in total. The number of phenols is 2. The van der Waals surface area contributed by atoms with Crippen LogP contribution in [-0.4, -0.2) is 40.2 Å². The van der Waals surface area contributed by atoms with Crippen molar-refractivity contribution in [3.8, 4) is 11.5 Å². The van der Waals surface area contributed by atoms with Gasteiger partial charge in [0.25, 0.3) is 5.91 Å². The number of rotatable bonds is 2. The predicted octanol–water partition coefficient (Wildman–Crippen LogP) is 1.44. The van der Waals surface area contributed by atoms with E-state index in [2.05, 4.69) is 0 Å². The van der Waals surface area contributed by atoms with Crippen LogP contribution in [0.3, 0.4) is 0 Å². The second-order valence-electron chi connectivity index (χ2n) is 5.10. The molecule has 2 atom stereocenters. The fraction of sp³-hybridized carbons (Fsp3) is 0.500. The molecule has 1 aromatic rings. The number of carbonyl (C=O) groups is 1. The zero-order chi connectivity index (χ0) is 14.0. The average molecular weight is 264 g/mol. The number of likely N-dealkylation sites (N-methyl/N-ethyl adjacent to an activating group) is 1. The van der Waals surface area contributed by atoms with Gasteiger partial charge >= 0.3 is 0 Å². The molecule has 4 N–H and O–H groups in total. The van der Waals surface area contributed by atoms with Crippen molar-refractivity contribution in [1.82, 2.24) is 4.90 Å². The molecule has 1 aliphatic carbocycles. The van der Waals surface area contributed by atoms with Crippen molar-refractivity contribution in [2.45, 2.75) is 37.8 Å². The summed E-state index contributed by atoms with van der Waals surface area (Å²) >= 11 is 0. The van der Waals surface area contributed by atoms with E-state index in [1.165, 1.54) is 18.2 Å². The van der Waals surface area contributed by atoms with E-state index in [-0.39, 0.29) is 29.1 Å². The first-order chi connectivity index (χ1) is 9.02. The quantitative estimate of drug-likeness (QED) is 0.754. The fourth-order valence-corrected chi connectivity index (χ4v) is 2.70. The summed E-state index contributed by atoms with van der Waals surface area (Å²) in [5, 5.41) is 19.5. The Labute approximate surface area is 112 Å². The second kappa shape index (κ2) is 5.48. The first kappa shape index (κ1) is 13.7. The Morgan fingerprint density at radius 3 is 2.42 bits per heavy atom. The average Bonchev–Trinajstić information content (AvgIpc) is 2.38. The number of carbonyl (C=O) groups excluding carboxylic acids is 1. The minimum atomic E-state index is -0.391. The van der Waals surface area contributed by atoms with Crippen LogP contribution in [0.25, 0.3) is 0 Å². The van der Waals surface area contributed by atoms with Gasteiger partial charge in [-0.25, -0.2) is 0 Å².